The molecule has 0 heterocycles. The molecule has 0 saturated carbocycles. The molecule has 0 aliphatic carbocycles. The second-order valence-electron chi connectivity index (χ2n) is 3.97. The van der Waals surface area contributed by atoms with Gasteiger partial charge in [-0.25, -0.2) is 4.39 Å². The van der Waals surface area contributed by atoms with Gasteiger partial charge in [0.2, 0.25) is 0 Å². The molecule has 0 aromatic heterocycles. The summed E-state index contributed by atoms with van der Waals surface area (Å²) < 4.78 is 12.8. The van der Waals surface area contributed by atoms with Crippen molar-refractivity contribution in [2.24, 2.45) is 11.7 Å². The average molecular weight is 230 g/mol. The van der Waals surface area contributed by atoms with Gasteiger partial charge >= 0.3 is 0 Å². The largest absolute Gasteiger partial charge is 0.328 e. The average Bonchev–Trinajstić information content (AvgIpc) is 2.16. The lowest BCUT2D eigenvalue weighted by Crippen LogP contribution is -2.27. The molecule has 0 spiro atoms. The predicted molar refractivity (Wildman–Crippen MR) is 62.5 cm³/mol. The Kier molecular flexibility index (Phi) is 4.55. The van der Waals surface area contributed by atoms with Crippen LogP contribution >= 0.6 is 11.6 Å². The van der Waals surface area contributed by atoms with Crippen LogP contribution in [-0.4, -0.2) is 6.04 Å². The molecule has 0 aliphatic heterocycles. The van der Waals surface area contributed by atoms with E-state index < -0.39 is 0 Å². The van der Waals surface area contributed by atoms with E-state index in [4.69, 9.17) is 17.3 Å². The summed E-state index contributed by atoms with van der Waals surface area (Å²) in [5.41, 5.74) is 6.83. The summed E-state index contributed by atoms with van der Waals surface area (Å²) in [5.74, 6) is 0.102. The lowest BCUT2D eigenvalue weighted by molar-refractivity contribution is 0.427. The summed E-state index contributed by atoms with van der Waals surface area (Å²) in [6, 6.07) is 4.67. The first kappa shape index (κ1) is 12.5. The molecule has 15 heavy (non-hydrogen) atoms. The summed E-state index contributed by atoms with van der Waals surface area (Å²) in [6.45, 7) is 4.09. The van der Waals surface area contributed by atoms with E-state index in [0.29, 0.717) is 10.9 Å². The third-order valence-corrected chi connectivity index (χ3v) is 3.12. The molecule has 1 rings (SSSR count). The molecule has 0 fully saturated rings. The van der Waals surface area contributed by atoms with Gasteiger partial charge in [-0.1, -0.05) is 31.0 Å². The van der Waals surface area contributed by atoms with Gasteiger partial charge in [0, 0.05) is 11.1 Å². The van der Waals surface area contributed by atoms with Gasteiger partial charge in [-0.05, 0) is 37.0 Å². The smallest absolute Gasteiger partial charge is 0.124 e. The van der Waals surface area contributed by atoms with E-state index in [9.17, 15) is 4.39 Å². The molecule has 0 bridgehead atoms. The standard InChI is InChI=1S/C12H17ClFN/c1-3-9(8(2)15)6-10-4-5-11(14)7-12(10)13/h4-5,7-9H,3,6,15H2,1-2H3. The first-order valence-electron chi connectivity index (χ1n) is 5.24. The minimum atomic E-state index is -0.294. The number of halogens is 2. The summed E-state index contributed by atoms with van der Waals surface area (Å²) in [7, 11) is 0. The van der Waals surface area contributed by atoms with E-state index in [2.05, 4.69) is 6.92 Å². The summed E-state index contributed by atoms with van der Waals surface area (Å²) in [6.07, 6.45) is 1.82. The maximum absolute atomic E-state index is 12.8. The van der Waals surface area contributed by atoms with Gasteiger partial charge in [0.1, 0.15) is 5.82 Å². The van der Waals surface area contributed by atoms with Gasteiger partial charge in [0.25, 0.3) is 0 Å². The lowest BCUT2D eigenvalue weighted by Gasteiger charge is -2.19. The Labute approximate surface area is 95.4 Å². The van der Waals surface area contributed by atoms with Gasteiger partial charge in [-0.2, -0.15) is 0 Å². The molecule has 0 radical (unpaired) electrons. The van der Waals surface area contributed by atoms with Gasteiger partial charge in [0.15, 0.2) is 0 Å². The highest BCUT2D eigenvalue weighted by atomic mass is 35.5. The van der Waals surface area contributed by atoms with Crippen molar-refractivity contribution in [2.45, 2.75) is 32.7 Å². The zero-order valence-corrected chi connectivity index (χ0v) is 9.89. The first-order chi connectivity index (χ1) is 7.04. The quantitative estimate of drug-likeness (QED) is 0.842. The second kappa shape index (κ2) is 5.47. The molecule has 0 saturated heterocycles. The van der Waals surface area contributed by atoms with Crippen LogP contribution in [0, 0.1) is 11.7 Å². The summed E-state index contributed by atoms with van der Waals surface area (Å²) in [5, 5.41) is 0.495. The topological polar surface area (TPSA) is 26.0 Å². The van der Waals surface area contributed by atoms with E-state index in [1.54, 1.807) is 6.07 Å². The van der Waals surface area contributed by atoms with Gasteiger partial charge in [-0.15, -0.1) is 0 Å². The van der Waals surface area contributed by atoms with E-state index in [1.807, 2.05) is 6.92 Å². The highest BCUT2D eigenvalue weighted by molar-refractivity contribution is 6.31. The van der Waals surface area contributed by atoms with Crippen LogP contribution in [0.2, 0.25) is 5.02 Å². The van der Waals surface area contributed by atoms with Crippen molar-refractivity contribution < 1.29 is 4.39 Å². The van der Waals surface area contributed by atoms with Gasteiger partial charge in [-0.3, -0.25) is 0 Å². The molecular weight excluding hydrogens is 213 g/mol. The first-order valence-corrected chi connectivity index (χ1v) is 5.62. The third kappa shape index (κ3) is 3.47. The van der Waals surface area contributed by atoms with Crippen LogP contribution in [-0.2, 0) is 6.42 Å². The Balaban J connectivity index is 2.79. The van der Waals surface area contributed by atoms with Crippen LogP contribution in [0.1, 0.15) is 25.8 Å². The fourth-order valence-corrected chi connectivity index (χ4v) is 1.92. The molecule has 1 nitrogen and oxygen atoms in total. The summed E-state index contributed by atoms with van der Waals surface area (Å²) in [4.78, 5) is 0. The van der Waals surface area contributed by atoms with E-state index in [0.717, 1.165) is 18.4 Å². The van der Waals surface area contributed by atoms with Crippen LogP contribution in [0.3, 0.4) is 0 Å². The Morgan fingerprint density at radius 2 is 2.13 bits per heavy atom. The zero-order chi connectivity index (χ0) is 11.4. The number of nitrogens with two attached hydrogens (primary N) is 1. The van der Waals surface area contributed by atoms with Crippen LogP contribution in [0.15, 0.2) is 18.2 Å². The molecule has 3 heteroatoms. The Bertz CT molecular complexity index is 325. The lowest BCUT2D eigenvalue weighted by atomic mass is 9.91. The highest BCUT2D eigenvalue weighted by Crippen LogP contribution is 2.22. The maximum Gasteiger partial charge on any atom is 0.124 e. The molecule has 2 N–H and O–H groups in total. The van der Waals surface area contributed by atoms with Gasteiger partial charge < -0.3 is 5.73 Å². The monoisotopic (exact) mass is 229 g/mol. The van der Waals surface area contributed by atoms with E-state index in [1.165, 1.54) is 12.1 Å². The van der Waals surface area contributed by atoms with Crippen molar-refractivity contribution in [3.05, 3.63) is 34.6 Å². The van der Waals surface area contributed by atoms with Crippen LogP contribution in [0.4, 0.5) is 4.39 Å². The molecule has 84 valence electrons. The van der Waals surface area contributed by atoms with Crippen molar-refractivity contribution in [3.8, 4) is 0 Å². The van der Waals surface area contributed by atoms with E-state index >= 15 is 0 Å². The minimum absolute atomic E-state index is 0.135. The van der Waals surface area contributed by atoms with Crippen molar-refractivity contribution in [1.82, 2.24) is 0 Å². The highest BCUT2D eigenvalue weighted by Gasteiger charge is 2.14. The number of hydrogen-bond donors (Lipinski definition) is 1. The molecule has 0 amide bonds. The van der Waals surface area contributed by atoms with Crippen LogP contribution in [0.25, 0.3) is 0 Å². The normalized spacial score (nSPS) is 15.0. The number of benzene rings is 1. The Morgan fingerprint density at radius 3 is 2.60 bits per heavy atom. The van der Waals surface area contributed by atoms with Crippen molar-refractivity contribution >= 4 is 11.6 Å². The number of rotatable bonds is 4. The zero-order valence-electron chi connectivity index (χ0n) is 9.13. The van der Waals surface area contributed by atoms with Crippen molar-refractivity contribution in [3.63, 3.8) is 0 Å². The summed E-state index contributed by atoms with van der Waals surface area (Å²) >= 11 is 5.95. The second-order valence-corrected chi connectivity index (χ2v) is 4.37. The molecule has 1 aromatic carbocycles. The third-order valence-electron chi connectivity index (χ3n) is 2.77. The molecule has 2 unspecified atom stereocenters. The maximum atomic E-state index is 12.8. The van der Waals surface area contributed by atoms with E-state index in [-0.39, 0.29) is 11.9 Å². The van der Waals surface area contributed by atoms with Crippen LogP contribution < -0.4 is 5.73 Å². The predicted octanol–water partition coefficient (Wildman–Crippen LogP) is 3.40. The van der Waals surface area contributed by atoms with Crippen molar-refractivity contribution in [1.29, 1.82) is 0 Å². The SMILES string of the molecule is CCC(Cc1ccc(F)cc1Cl)C(C)N. The fourth-order valence-electron chi connectivity index (χ4n) is 1.67. The molecule has 1 aromatic rings. The Hall–Kier alpha value is -0.600. The Morgan fingerprint density at radius 1 is 1.47 bits per heavy atom. The molecule has 2 atom stereocenters. The fraction of sp³-hybridized carbons (Fsp3) is 0.500. The van der Waals surface area contributed by atoms with Gasteiger partial charge in [0.05, 0.1) is 0 Å². The number of hydrogen-bond acceptors (Lipinski definition) is 1. The molecular formula is C12H17ClFN. The molecule has 0 aliphatic rings. The van der Waals surface area contributed by atoms with Crippen LogP contribution in [0.5, 0.6) is 0 Å². The minimum Gasteiger partial charge on any atom is -0.328 e. The van der Waals surface area contributed by atoms with Crippen molar-refractivity contribution in [2.75, 3.05) is 0 Å².